The Kier molecular flexibility index (Phi) is 3.52. The summed E-state index contributed by atoms with van der Waals surface area (Å²) in [5.74, 6) is -0.183. The molecular formula is C17H17NO2. The predicted octanol–water partition coefficient (Wildman–Crippen LogP) is 2.91. The molecule has 0 radical (unpaired) electrons. The van der Waals surface area contributed by atoms with Gasteiger partial charge >= 0.3 is 5.97 Å². The smallest absolute Gasteiger partial charge is 0.306 e. The van der Waals surface area contributed by atoms with Gasteiger partial charge in [-0.15, -0.1) is 0 Å². The number of hydrogen-bond acceptors (Lipinski definition) is 3. The van der Waals surface area contributed by atoms with Crippen LogP contribution in [0.2, 0.25) is 0 Å². The molecule has 2 aromatic rings. The summed E-state index contributed by atoms with van der Waals surface area (Å²) in [5.41, 5.74) is 5.11. The molecule has 3 heteroatoms. The molecule has 0 saturated carbocycles. The van der Waals surface area contributed by atoms with Crippen LogP contribution in [0.15, 0.2) is 48.5 Å². The maximum atomic E-state index is 11.2. The zero-order chi connectivity index (χ0) is 13.9. The second-order valence-electron chi connectivity index (χ2n) is 4.89. The molecule has 0 amide bonds. The molecule has 0 saturated heterocycles. The Balaban J connectivity index is 1.85. The summed E-state index contributed by atoms with van der Waals surface area (Å²) in [4.78, 5) is 11.2. The molecule has 0 bridgehead atoms. The third-order valence-corrected chi connectivity index (χ3v) is 3.74. The van der Waals surface area contributed by atoms with Crippen molar-refractivity contribution in [2.24, 2.45) is 0 Å². The van der Waals surface area contributed by atoms with Crippen molar-refractivity contribution >= 4 is 5.97 Å². The average Bonchev–Trinajstić information content (AvgIpc) is 2.82. The van der Waals surface area contributed by atoms with Gasteiger partial charge in [0.05, 0.1) is 19.6 Å². The van der Waals surface area contributed by atoms with Crippen LogP contribution in [0, 0.1) is 0 Å². The van der Waals surface area contributed by atoms with E-state index in [9.17, 15) is 4.79 Å². The Hall–Kier alpha value is -2.13. The Morgan fingerprint density at radius 3 is 2.15 bits per heavy atom. The predicted molar refractivity (Wildman–Crippen MR) is 78.4 cm³/mol. The van der Waals surface area contributed by atoms with Crippen molar-refractivity contribution in [3.63, 3.8) is 0 Å². The van der Waals surface area contributed by atoms with E-state index < -0.39 is 0 Å². The lowest BCUT2D eigenvalue weighted by Gasteiger charge is -2.15. The van der Waals surface area contributed by atoms with Gasteiger partial charge < -0.3 is 10.1 Å². The van der Waals surface area contributed by atoms with Gasteiger partial charge in [0.1, 0.15) is 0 Å². The molecule has 2 aromatic carbocycles. The van der Waals surface area contributed by atoms with Gasteiger partial charge in [0, 0.05) is 6.54 Å². The van der Waals surface area contributed by atoms with Crippen molar-refractivity contribution in [1.29, 1.82) is 0 Å². The molecule has 0 unspecified atom stereocenters. The van der Waals surface area contributed by atoms with E-state index in [1.54, 1.807) is 0 Å². The fourth-order valence-electron chi connectivity index (χ4n) is 2.80. The van der Waals surface area contributed by atoms with E-state index >= 15 is 0 Å². The first-order chi connectivity index (χ1) is 9.81. The molecule has 1 N–H and O–H groups in total. The monoisotopic (exact) mass is 267 g/mol. The number of ether oxygens (including phenoxy) is 1. The number of carbonyl (C=O) groups excluding carboxylic acids is 1. The molecule has 0 aromatic heterocycles. The van der Waals surface area contributed by atoms with Crippen molar-refractivity contribution in [1.82, 2.24) is 5.32 Å². The lowest BCUT2D eigenvalue weighted by atomic mass is 10.1. The summed E-state index contributed by atoms with van der Waals surface area (Å²) in [7, 11) is 1.42. The van der Waals surface area contributed by atoms with Crippen LogP contribution < -0.4 is 5.32 Å². The molecule has 1 aliphatic rings. The molecule has 3 nitrogen and oxygen atoms in total. The summed E-state index contributed by atoms with van der Waals surface area (Å²) in [6.45, 7) is 0.611. The number of methoxy groups -OCH3 is 1. The van der Waals surface area contributed by atoms with E-state index in [1.165, 1.54) is 29.4 Å². The number of fused-ring (bicyclic) bond motifs is 3. The topological polar surface area (TPSA) is 38.3 Å². The van der Waals surface area contributed by atoms with Gasteiger partial charge in [0.2, 0.25) is 0 Å². The number of carbonyl (C=O) groups is 1. The molecule has 20 heavy (non-hydrogen) atoms. The van der Waals surface area contributed by atoms with Crippen LogP contribution in [-0.4, -0.2) is 19.6 Å². The third kappa shape index (κ3) is 2.21. The van der Waals surface area contributed by atoms with Gasteiger partial charge in [-0.1, -0.05) is 48.5 Å². The first-order valence-electron chi connectivity index (χ1n) is 6.79. The minimum absolute atomic E-state index is 0.159. The fourth-order valence-corrected chi connectivity index (χ4v) is 2.80. The molecular weight excluding hydrogens is 250 g/mol. The third-order valence-electron chi connectivity index (χ3n) is 3.74. The van der Waals surface area contributed by atoms with Crippen LogP contribution in [0.1, 0.15) is 23.6 Å². The Morgan fingerprint density at radius 1 is 1.05 bits per heavy atom. The summed E-state index contributed by atoms with van der Waals surface area (Å²) in [6, 6.07) is 17.0. The van der Waals surface area contributed by atoms with Crippen molar-refractivity contribution in [2.75, 3.05) is 13.7 Å². The van der Waals surface area contributed by atoms with Gasteiger partial charge in [-0.05, 0) is 22.3 Å². The normalized spacial score (nSPS) is 12.8. The van der Waals surface area contributed by atoms with Crippen LogP contribution in [-0.2, 0) is 9.53 Å². The molecule has 0 fully saturated rings. The van der Waals surface area contributed by atoms with E-state index in [1.807, 2.05) is 0 Å². The minimum Gasteiger partial charge on any atom is -0.469 e. The van der Waals surface area contributed by atoms with E-state index in [-0.39, 0.29) is 12.0 Å². The first kappa shape index (κ1) is 12.9. The Morgan fingerprint density at radius 2 is 1.60 bits per heavy atom. The lowest BCUT2D eigenvalue weighted by Crippen LogP contribution is -2.23. The Labute approximate surface area is 118 Å². The molecule has 102 valence electrons. The maximum Gasteiger partial charge on any atom is 0.306 e. The van der Waals surface area contributed by atoms with E-state index in [4.69, 9.17) is 0 Å². The Bertz CT molecular complexity index is 591. The highest BCUT2D eigenvalue weighted by atomic mass is 16.5. The highest BCUT2D eigenvalue weighted by Crippen LogP contribution is 2.42. The number of esters is 1. The molecule has 1 aliphatic carbocycles. The minimum atomic E-state index is -0.183. The van der Waals surface area contributed by atoms with Crippen molar-refractivity contribution in [3.8, 4) is 11.1 Å². The second-order valence-corrected chi connectivity index (χ2v) is 4.89. The summed E-state index contributed by atoms with van der Waals surface area (Å²) in [6.07, 6.45) is 0.386. The van der Waals surface area contributed by atoms with Crippen LogP contribution in [0.25, 0.3) is 11.1 Å². The SMILES string of the molecule is COC(=O)CCNC1c2ccccc2-c2ccccc21. The number of hydrogen-bond donors (Lipinski definition) is 1. The standard InChI is InChI=1S/C17H17NO2/c1-20-16(19)10-11-18-17-14-8-4-2-6-12(14)13-7-3-5-9-15(13)17/h2-9,17-18H,10-11H2,1H3. The van der Waals surface area contributed by atoms with Crippen LogP contribution in [0.3, 0.4) is 0 Å². The largest absolute Gasteiger partial charge is 0.469 e. The summed E-state index contributed by atoms with van der Waals surface area (Å²) < 4.78 is 4.67. The zero-order valence-corrected chi connectivity index (χ0v) is 11.4. The molecule has 0 heterocycles. The highest BCUT2D eigenvalue weighted by molar-refractivity contribution is 5.78. The van der Waals surface area contributed by atoms with Gasteiger partial charge in [0.15, 0.2) is 0 Å². The van der Waals surface area contributed by atoms with Crippen molar-refractivity contribution in [2.45, 2.75) is 12.5 Å². The molecule has 0 spiro atoms. The van der Waals surface area contributed by atoms with Crippen molar-refractivity contribution < 1.29 is 9.53 Å². The molecule has 0 atom stereocenters. The van der Waals surface area contributed by atoms with E-state index in [0.717, 1.165) is 0 Å². The number of nitrogens with one attached hydrogen (secondary N) is 1. The molecule has 3 rings (SSSR count). The quantitative estimate of drug-likeness (QED) is 0.866. The van der Waals surface area contributed by atoms with Crippen molar-refractivity contribution in [3.05, 3.63) is 59.7 Å². The highest BCUT2D eigenvalue weighted by Gasteiger charge is 2.27. The second kappa shape index (κ2) is 5.47. The van der Waals surface area contributed by atoms with E-state index in [2.05, 4.69) is 58.6 Å². The fraction of sp³-hybridized carbons (Fsp3) is 0.235. The first-order valence-corrected chi connectivity index (χ1v) is 6.79. The van der Waals surface area contributed by atoms with Crippen LogP contribution in [0.4, 0.5) is 0 Å². The van der Waals surface area contributed by atoms with Crippen LogP contribution >= 0.6 is 0 Å². The van der Waals surface area contributed by atoms with Gasteiger partial charge in [-0.2, -0.15) is 0 Å². The van der Waals surface area contributed by atoms with Gasteiger partial charge in [0.25, 0.3) is 0 Å². The summed E-state index contributed by atoms with van der Waals surface area (Å²) in [5, 5.41) is 3.46. The van der Waals surface area contributed by atoms with E-state index in [0.29, 0.717) is 13.0 Å². The summed E-state index contributed by atoms with van der Waals surface area (Å²) >= 11 is 0. The zero-order valence-electron chi connectivity index (χ0n) is 11.4. The van der Waals surface area contributed by atoms with Gasteiger partial charge in [-0.3, -0.25) is 4.79 Å². The van der Waals surface area contributed by atoms with Gasteiger partial charge in [-0.25, -0.2) is 0 Å². The number of benzene rings is 2. The lowest BCUT2D eigenvalue weighted by molar-refractivity contribution is -0.140. The average molecular weight is 267 g/mol. The maximum absolute atomic E-state index is 11.2. The van der Waals surface area contributed by atoms with Crippen LogP contribution in [0.5, 0.6) is 0 Å². The molecule has 0 aliphatic heterocycles. The number of rotatable bonds is 4.